The Balaban J connectivity index is 1.94. The highest BCUT2D eigenvalue weighted by Gasteiger charge is 2.14. The van der Waals surface area contributed by atoms with E-state index in [-0.39, 0.29) is 29.7 Å². The molecular formula is C17H14BrN3O5. The molecule has 26 heavy (non-hydrogen) atoms. The quantitative estimate of drug-likeness (QED) is 0.673. The van der Waals surface area contributed by atoms with Gasteiger partial charge in [-0.3, -0.25) is 13.9 Å². The number of hydrogen-bond acceptors (Lipinski definition) is 5. The number of halogens is 1. The Bertz CT molecular complexity index is 1100. The number of carboxylic acids is 1. The monoisotopic (exact) mass is 419 g/mol. The van der Waals surface area contributed by atoms with E-state index in [0.717, 1.165) is 9.04 Å². The van der Waals surface area contributed by atoms with Gasteiger partial charge in [-0.25, -0.2) is 14.6 Å². The Hall–Kier alpha value is -2.94. The molecule has 1 N–H and O–H groups in total. The van der Waals surface area contributed by atoms with Crippen LogP contribution in [0.5, 0.6) is 5.75 Å². The van der Waals surface area contributed by atoms with Crippen molar-refractivity contribution < 1.29 is 14.6 Å². The van der Waals surface area contributed by atoms with Crippen LogP contribution in [-0.2, 0) is 13.6 Å². The first-order valence-corrected chi connectivity index (χ1v) is 8.39. The van der Waals surface area contributed by atoms with Gasteiger partial charge in [0.15, 0.2) is 0 Å². The van der Waals surface area contributed by atoms with Gasteiger partial charge >= 0.3 is 11.7 Å². The molecule has 134 valence electrons. The van der Waals surface area contributed by atoms with E-state index in [9.17, 15) is 14.4 Å². The largest absolute Gasteiger partial charge is 0.492 e. The molecule has 0 aliphatic carbocycles. The lowest BCUT2D eigenvalue weighted by atomic mass is 10.2. The summed E-state index contributed by atoms with van der Waals surface area (Å²) < 4.78 is 8.74. The minimum Gasteiger partial charge on any atom is -0.492 e. The first kappa shape index (κ1) is 17.9. The number of ether oxygens (including phenoxy) is 1. The molecule has 2 aromatic heterocycles. The SMILES string of the molecule is Cn1c(=O)n(CCOc2ccc(Br)cc2)c(=O)c2cc(C(=O)O)ncc21. The van der Waals surface area contributed by atoms with Gasteiger partial charge in [-0.05, 0) is 30.3 Å². The van der Waals surface area contributed by atoms with Crippen molar-refractivity contribution in [2.75, 3.05) is 6.61 Å². The molecule has 0 aliphatic rings. The Morgan fingerprint density at radius 3 is 2.62 bits per heavy atom. The second kappa shape index (κ2) is 7.12. The van der Waals surface area contributed by atoms with Crippen LogP contribution in [0.1, 0.15) is 10.5 Å². The predicted octanol–water partition coefficient (Wildman–Crippen LogP) is 1.63. The number of nitrogens with zero attached hydrogens (tertiary/aromatic N) is 3. The van der Waals surface area contributed by atoms with Crippen molar-refractivity contribution in [3.8, 4) is 5.75 Å². The van der Waals surface area contributed by atoms with Crippen LogP contribution in [-0.4, -0.2) is 31.8 Å². The van der Waals surface area contributed by atoms with Crippen LogP contribution in [0.4, 0.5) is 0 Å². The third-order valence-electron chi connectivity index (χ3n) is 3.85. The van der Waals surface area contributed by atoms with Crippen molar-refractivity contribution in [2.45, 2.75) is 6.54 Å². The molecule has 0 radical (unpaired) electrons. The molecule has 3 rings (SSSR count). The van der Waals surface area contributed by atoms with E-state index in [4.69, 9.17) is 9.84 Å². The zero-order chi connectivity index (χ0) is 18.8. The lowest BCUT2D eigenvalue weighted by Crippen LogP contribution is -2.40. The number of aromatic nitrogens is 3. The Morgan fingerprint density at radius 2 is 1.96 bits per heavy atom. The molecule has 0 unspecified atom stereocenters. The average molecular weight is 420 g/mol. The molecule has 0 aliphatic heterocycles. The summed E-state index contributed by atoms with van der Waals surface area (Å²) in [6.45, 7) is 0.140. The molecule has 2 heterocycles. The van der Waals surface area contributed by atoms with Gasteiger partial charge in [0.1, 0.15) is 18.1 Å². The second-order valence-corrected chi connectivity index (χ2v) is 6.41. The van der Waals surface area contributed by atoms with Crippen molar-refractivity contribution in [3.05, 3.63) is 67.5 Å². The summed E-state index contributed by atoms with van der Waals surface area (Å²) in [5.41, 5.74) is -1.08. The minimum absolute atomic E-state index is 0.0300. The smallest absolute Gasteiger partial charge is 0.354 e. The van der Waals surface area contributed by atoms with E-state index in [1.807, 2.05) is 12.1 Å². The lowest BCUT2D eigenvalue weighted by Gasteiger charge is -2.11. The first-order valence-electron chi connectivity index (χ1n) is 7.59. The minimum atomic E-state index is -1.25. The standard InChI is InChI=1S/C17H14BrN3O5/c1-20-14-9-19-13(16(23)24)8-12(14)15(22)21(17(20)25)6-7-26-11-4-2-10(18)3-5-11/h2-5,8-9H,6-7H2,1H3,(H,23,24). The molecule has 0 saturated heterocycles. The van der Waals surface area contributed by atoms with Gasteiger partial charge in [-0.1, -0.05) is 15.9 Å². The van der Waals surface area contributed by atoms with Gasteiger partial charge in [-0.2, -0.15) is 0 Å². The van der Waals surface area contributed by atoms with Crippen molar-refractivity contribution >= 4 is 32.8 Å². The predicted molar refractivity (Wildman–Crippen MR) is 97.8 cm³/mol. The Morgan fingerprint density at radius 1 is 1.27 bits per heavy atom. The summed E-state index contributed by atoms with van der Waals surface area (Å²) >= 11 is 3.32. The summed E-state index contributed by atoms with van der Waals surface area (Å²) in [4.78, 5) is 39.9. The zero-order valence-corrected chi connectivity index (χ0v) is 15.3. The number of benzene rings is 1. The fourth-order valence-electron chi connectivity index (χ4n) is 2.50. The van der Waals surface area contributed by atoms with Crippen molar-refractivity contribution in [2.24, 2.45) is 7.05 Å². The molecule has 0 saturated carbocycles. The highest BCUT2D eigenvalue weighted by molar-refractivity contribution is 9.10. The number of hydrogen-bond donors (Lipinski definition) is 1. The summed E-state index contributed by atoms with van der Waals surface area (Å²) in [6.07, 6.45) is 1.21. The van der Waals surface area contributed by atoms with Crippen molar-refractivity contribution in [1.82, 2.24) is 14.1 Å². The van der Waals surface area contributed by atoms with Crippen LogP contribution in [0.2, 0.25) is 0 Å². The summed E-state index contributed by atoms with van der Waals surface area (Å²) in [7, 11) is 1.50. The third kappa shape index (κ3) is 3.38. The van der Waals surface area contributed by atoms with Gasteiger partial charge in [0, 0.05) is 11.5 Å². The summed E-state index contributed by atoms with van der Waals surface area (Å²) in [5.74, 6) is -0.637. The molecular weight excluding hydrogens is 406 g/mol. The van der Waals surface area contributed by atoms with Crippen molar-refractivity contribution in [3.63, 3.8) is 0 Å². The summed E-state index contributed by atoms with van der Waals surface area (Å²) in [6, 6.07) is 8.33. The first-order chi connectivity index (χ1) is 12.4. The maximum Gasteiger partial charge on any atom is 0.354 e. The molecule has 0 fully saturated rings. The van der Waals surface area contributed by atoms with E-state index in [1.165, 1.54) is 23.9 Å². The van der Waals surface area contributed by atoms with Crippen LogP contribution < -0.4 is 16.0 Å². The Labute approximate surface area is 155 Å². The van der Waals surface area contributed by atoms with Crippen LogP contribution in [0.3, 0.4) is 0 Å². The molecule has 9 heteroatoms. The maximum atomic E-state index is 12.6. The fourth-order valence-corrected chi connectivity index (χ4v) is 2.77. The fraction of sp³-hybridized carbons (Fsp3) is 0.176. The second-order valence-electron chi connectivity index (χ2n) is 5.49. The van der Waals surface area contributed by atoms with Gasteiger partial charge in [0.25, 0.3) is 5.56 Å². The van der Waals surface area contributed by atoms with Crippen LogP contribution in [0.15, 0.2) is 50.6 Å². The number of carboxylic acid groups (broad SMARTS) is 1. The number of aromatic carboxylic acids is 1. The highest BCUT2D eigenvalue weighted by atomic mass is 79.9. The number of carbonyl (C=O) groups is 1. The van der Waals surface area contributed by atoms with Crippen LogP contribution in [0.25, 0.3) is 10.9 Å². The van der Waals surface area contributed by atoms with E-state index in [2.05, 4.69) is 20.9 Å². The van der Waals surface area contributed by atoms with E-state index in [0.29, 0.717) is 5.75 Å². The van der Waals surface area contributed by atoms with Gasteiger partial charge in [-0.15, -0.1) is 0 Å². The normalized spacial score (nSPS) is 10.8. The number of rotatable bonds is 5. The molecule has 0 atom stereocenters. The molecule has 0 amide bonds. The molecule has 1 aromatic carbocycles. The summed E-state index contributed by atoms with van der Waals surface area (Å²) in [5, 5.41) is 9.17. The van der Waals surface area contributed by atoms with Gasteiger partial charge in [0.2, 0.25) is 0 Å². The number of pyridine rings is 1. The number of aryl methyl sites for hydroxylation is 1. The third-order valence-corrected chi connectivity index (χ3v) is 4.38. The molecule has 0 spiro atoms. The zero-order valence-electron chi connectivity index (χ0n) is 13.7. The highest BCUT2D eigenvalue weighted by Crippen LogP contribution is 2.16. The van der Waals surface area contributed by atoms with E-state index >= 15 is 0 Å². The van der Waals surface area contributed by atoms with Gasteiger partial charge in [0.05, 0.1) is 23.6 Å². The molecule has 8 nitrogen and oxygen atoms in total. The topological polar surface area (TPSA) is 103 Å². The van der Waals surface area contributed by atoms with Crippen LogP contribution >= 0.6 is 15.9 Å². The maximum absolute atomic E-state index is 12.6. The number of fused-ring (bicyclic) bond motifs is 1. The van der Waals surface area contributed by atoms with Gasteiger partial charge < -0.3 is 9.84 Å². The molecule has 3 aromatic rings. The van der Waals surface area contributed by atoms with E-state index in [1.54, 1.807) is 12.1 Å². The average Bonchev–Trinajstić information content (AvgIpc) is 2.63. The van der Waals surface area contributed by atoms with E-state index < -0.39 is 17.2 Å². The van der Waals surface area contributed by atoms with Crippen molar-refractivity contribution in [1.29, 1.82) is 0 Å². The molecule has 0 bridgehead atoms. The van der Waals surface area contributed by atoms with Crippen LogP contribution in [0, 0.1) is 0 Å². The lowest BCUT2D eigenvalue weighted by molar-refractivity contribution is 0.0690. The Kier molecular flexibility index (Phi) is 4.90.